The highest BCUT2D eigenvalue weighted by Gasteiger charge is 2.56. The van der Waals surface area contributed by atoms with Crippen LogP contribution in [0.25, 0.3) is 0 Å². The number of carbonyl (C=O) groups excluding carboxylic acids is 3. The first-order valence-electron chi connectivity index (χ1n) is 15.0. The van der Waals surface area contributed by atoms with Crippen LogP contribution in [-0.2, 0) is 14.4 Å². The number of benzene rings is 3. The molecule has 0 aromatic heterocycles. The summed E-state index contributed by atoms with van der Waals surface area (Å²) in [6.45, 7) is 14.1. The van der Waals surface area contributed by atoms with E-state index in [2.05, 4.69) is 24.5 Å². The number of nitrogens with one attached hydrogen (secondary N) is 2. The highest BCUT2D eigenvalue weighted by Crippen LogP contribution is 2.47. The zero-order valence-electron chi connectivity index (χ0n) is 26.3. The number of ether oxygens (including phenoxy) is 1. The largest absolute Gasteiger partial charge is 0.494 e. The van der Waals surface area contributed by atoms with Crippen LogP contribution < -0.4 is 15.4 Å². The maximum atomic E-state index is 14.1. The molecule has 0 heterocycles. The lowest BCUT2D eigenvalue weighted by atomic mass is 9.61. The number of ketones is 1. The number of aryl methyl sites for hydroxylation is 2. The Balaban J connectivity index is 1.76. The van der Waals surface area contributed by atoms with Crippen LogP contribution >= 0.6 is 0 Å². The molecule has 1 saturated carbocycles. The lowest BCUT2D eigenvalue weighted by Crippen LogP contribution is -2.56. The molecule has 4 unspecified atom stereocenters. The van der Waals surface area contributed by atoms with Crippen LogP contribution in [-0.4, -0.2) is 34.9 Å². The van der Waals surface area contributed by atoms with Gasteiger partial charge in [0.25, 0.3) is 0 Å². The molecule has 43 heavy (non-hydrogen) atoms. The lowest BCUT2D eigenvalue weighted by Gasteiger charge is -2.44. The van der Waals surface area contributed by atoms with Crippen molar-refractivity contribution in [1.29, 1.82) is 0 Å². The van der Waals surface area contributed by atoms with E-state index in [1.54, 1.807) is 30.3 Å². The smallest absolute Gasteiger partial charge is 0.235 e. The molecule has 4 rings (SSSR count). The van der Waals surface area contributed by atoms with Crippen LogP contribution in [0.1, 0.15) is 67.3 Å². The van der Waals surface area contributed by atoms with Gasteiger partial charge in [0.15, 0.2) is 0 Å². The molecular weight excluding hydrogens is 540 g/mol. The number of hydrogen-bond donors (Lipinski definition) is 3. The molecule has 4 atom stereocenters. The number of hydrogen-bond acceptors (Lipinski definition) is 5. The van der Waals surface area contributed by atoms with Gasteiger partial charge in [0.2, 0.25) is 11.8 Å². The maximum absolute atomic E-state index is 14.1. The second-order valence-electron chi connectivity index (χ2n) is 12.6. The van der Waals surface area contributed by atoms with Crippen LogP contribution in [0.5, 0.6) is 5.75 Å². The van der Waals surface area contributed by atoms with Crippen molar-refractivity contribution in [3.8, 4) is 5.75 Å². The number of aliphatic hydroxyl groups is 1. The van der Waals surface area contributed by atoms with Crippen LogP contribution in [0.15, 0.2) is 60.7 Å². The first-order chi connectivity index (χ1) is 20.3. The maximum Gasteiger partial charge on any atom is 0.235 e. The van der Waals surface area contributed by atoms with Crippen molar-refractivity contribution < 1.29 is 24.2 Å². The number of amides is 2. The third-order valence-electron chi connectivity index (χ3n) is 8.79. The molecular formula is C36H44N2O5. The van der Waals surface area contributed by atoms with Crippen LogP contribution in [0, 0.1) is 45.4 Å². The van der Waals surface area contributed by atoms with Crippen LogP contribution in [0.4, 0.5) is 11.4 Å². The van der Waals surface area contributed by atoms with Gasteiger partial charge in [-0.3, -0.25) is 14.4 Å². The zero-order valence-corrected chi connectivity index (χ0v) is 26.3. The summed E-state index contributed by atoms with van der Waals surface area (Å²) >= 11 is 0. The van der Waals surface area contributed by atoms with Crippen molar-refractivity contribution in [3.05, 3.63) is 88.5 Å². The molecule has 7 heteroatoms. The van der Waals surface area contributed by atoms with Gasteiger partial charge in [0.1, 0.15) is 17.5 Å². The third-order valence-corrected chi connectivity index (χ3v) is 8.79. The van der Waals surface area contributed by atoms with E-state index in [0.717, 1.165) is 28.7 Å². The van der Waals surface area contributed by atoms with Crippen molar-refractivity contribution in [2.75, 3.05) is 17.2 Å². The molecule has 0 radical (unpaired) electrons. The summed E-state index contributed by atoms with van der Waals surface area (Å²) in [4.78, 5) is 41.8. The van der Waals surface area contributed by atoms with Crippen molar-refractivity contribution in [1.82, 2.24) is 0 Å². The molecule has 1 fully saturated rings. The van der Waals surface area contributed by atoms with Gasteiger partial charge in [-0.1, -0.05) is 50.2 Å². The van der Waals surface area contributed by atoms with Crippen molar-refractivity contribution in [3.63, 3.8) is 0 Å². The molecule has 1 aliphatic rings. The van der Waals surface area contributed by atoms with Gasteiger partial charge in [0.05, 0.1) is 18.1 Å². The van der Waals surface area contributed by atoms with Gasteiger partial charge in [-0.05, 0) is 99.0 Å². The SMILES string of the molecule is Cc1cccc(NC(=O)C2C(=O)CC(C)(O)C(C(=O)Nc3cccc(C)c3C)C2c2ccc(OCCC(C)C)cc2)c1C. The topological polar surface area (TPSA) is 105 Å². The predicted octanol–water partition coefficient (Wildman–Crippen LogP) is 6.66. The lowest BCUT2D eigenvalue weighted by molar-refractivity contribution is -0.150. The summed E-state index contributed by atoms with van der Waals surface area (Å²) in [5, 5.41) is 17.6. The third kappa shape index (κ3) is 7.16. The summed E-state index contributed by atoms with van der Waals surface area (Å²) in [6.07, 6.45) is 0.582. The minimum atomic E-state index is -1.69. The number of Topliss-reactive ketones (excluding diaryl/α,β-unsaturated/α-hetero) is 1. The first-order valence-corrected chi connectivity index (χ1v) is 15.0. The Morgan fingerprint density at radius 2 is 1.42 bits per heavy atom. The molecule has 3 aromatic carbocycles. The summed E-state index contributed by atoms with van der Waals surface area (Å²) in [5.74, 6) is -3.40. The number of rotatable bonds is 9. The average Bonchev–Trinajstić information content (AvgIpc) is 2.93. The van der Waals surface area contributed by atoms with Gasteiger partial charge < -0.3 is 20.5 Å². The highest BCUT2D eigenvalue weighted by molar-refractivity contribution is 6.10. The van der Waals surface area contributed by atoms with Crippen LogP contribution in [0.2, 0.25) is 0 Å². The first kappa shape index (κ1) is 32.0. The molecule has 2 amide bonds. The van der Waals surface area contributed by atoms with Gasteiger partial charge in [-0.15, -0.1) is 0 Å². The number of carbonyl (C=O) groups is 3. The molecule has 0 saturated heterocycles. The normalized spacial score (nSPS) is 21.9. The van der Waals surface area contributed by atoms with E-state index in [1.165, 1.54) is 6.92 Å². The Hall–Kier alpha value is -3.97. The van der Waals surface area contributed by atoms with E-state index in [1.807, 2.05) is 58.0 Å². The Morgan fingerprint density at radius 1 is 0.884 bits per heavy atom. The summed E-state index contributed by atoms with van der Waals surface area (Å²) in [7, 11) is 0. The Morgan fingerprint density at radius 3 is 1.95 bits per heavy atom. The van der Waals surface area contributed by atoms with E-state index in [0.29, 0.717) is 35.2 Å². The van der Waals surface area contributed by atoms with E-state index in [-0.39, 0.29) is 6.42 Å². The summed E-state index contributed by atoms with van der Waals surface area (Å²) in [6, 6.07) is 18.4. The van der Waals surface area contributed by atoms with E-state index < -0.39 is 41.0 Å². The fourth-order valence-corrected chi connectivity index (χ4v) is 5.88. The molecule has 3 aromatic rings. The van der Waals surface area contributed by atoms with Crippen LogP contribution in [0.3, 0.4) is 0 Å². The average molecular weight is 585 g/mol. The van der Waals surface area contributed by atoms with E-state index in [9.17, 15) is 19.5 Å². The Bertz CT molecular complexity index is 1490. The van der Waals surface area contributed by atoms with E-state index in [4.69, 9.17) is 4.74 Å². The number of anilines is 2. The minimum Gasteiger partial charge on any atom is -0.494 e. The quantitative estimate of drug-likeness (QED) is 0.244. The van der Waals surface area contributed by atoms with Gasteiger partial charge >= 0.3 is 0 Å². The fraction of sp³-hybridized carbons (Fsp3) is 0.417. The predicted molar refractivity (Wildman–Crippen MR) is 170 cm³/mol. The molecule has 3 N–H and O–H groups in total. The molecule has 1 aliphatic carbocycles. The molecule has 0 bridgehead atoms. The van der Waals surface area contributed by atoms with Gasteiger partial charge in [-0.25, -0.2) is 0 Å². The zero-order chi connectivity index (χ0) is 31.5. The van der Waals surface area contributed by atoms with Crippen molar-refractivity contribution in [2.24, 2.45) is 17.8 Å². The Kier molecular flexibility index (Phi) is 9.75. The molecule has 7 nitrogen and oxygen atoms in total. The summed E-state index contributed by atoms with van der Waals surface area (Å²) < 4.78 is 5.90. The minimum absolute atomic E-state index is 0.324. The van der Waals surface area contributed by atoms with Gasteiger partial charge in [0, 0.05) is 23.7 Å². The second kappa shape index (κ2) is 13.1. The standard InChI is InChI=1S/C36H44N2O5/c1-21(2)18-19-43-27-16-14-26(15-17-27)31-32(34(40)37-28-12-8-10-22(3)24(28)5)30(39)20-36(7,42)33(31)35(41)38-29-13-9-11-23(4)25(29)6/h8-17,21,31-33,42H,18-20H2,1-7H3,(H,37,40)(H,38,41). The second-order valence-corrected chi connectivity index (χ2v) is 12.6. The van der Waals surface area contributed by atoms with E-state index >= 15 is 0 Å². The molecule has 0 aliphatic heterocycles. The monoisotopic (exact) mass is 584 g/mol. The highest BCUT2D eigenvalue weighted by atomic mass is 16.5. The molecule has 228 valence electrons. The van der Waals surface area contributed by atoms with Gasteiger partial charge in [-0.2, -0.15) is 0 Å². The summed E-state index contributed by atoms with van der Waals surface area (Å²) in [5.41, 5.74) is 3.98. The van der Waals surface area contributed by atoms with Crippen molar-refractivity contribution >= 4 is 29.0 Å². The van der Waals surface area contributed by atoms with Crippen molar-refractivity contribution in [2.45, 2.75) is 72.8 Å². The fourth-order valence-electron chi connectivity index (χ4n) is 5.88. The molecule has 0 spiro atoms. The Labute approximate surface area is 255 Å².